The Balaban J connectivity index is 1.81. The maximum absolute atomic E-state index is 12.5. The van der Waals surface area contributed by atoms with Crippen molar-refractivity contribution in [2.24, 2.45) is 5.92 Å². The van der Waals surface area contributed by atoms with Gasteiger partial charge in [-0.3, -0.25) is 9.59 Å². The van der Waals surface area contributed by atoms with E-state index in [0.717, 1.165) is 0 Å². The lowest BCUT2D eigenvalue weighted by Gasteiger charge is -2.21. The molecule has 2 aromatic carbocycles. The number of aliphatic hydroxyl groups excluding tert-OH is 2. The molecule has 0 bridgehead atoms. The number of rotatable bonds is 15. The number of hydrogen-bond acceptors (Lipinski definition) is 6. The van der Waals surface area contributed by atoms with E-state index in [2.05, 4.69) is 10.6 Å². The van der Waals surface area contributed by atoms with Crippen molar-refractivity contribution in [2.45, 2.75) is 51.2 Å². The molecule has 9 heteroatoms. The van der Waals surface area contributed by atoms with Crippen LogP contribution in [0.2, 0.25) is 0 Å². The minimum absolute atomic E-state index is 0.0604. The lowest BCUT2D eigenvalue weighted by atomic mass is 9.90. The van der Waals surface area contributed by atoms with Crippen LogP contribution in [0.25, 0.3) is 0 Å². The highest BCUT2D eigenvalue weighted by Gasteiger charge is 2.20. The monoisotopic (exact) mass is 486 g/mol. The first kappa shape index (κ1) is 27.8. The van der Waals surface area contributed by atoms with E-state index in [1.165, 1.54) is 6.92 Å². The molecule has 0 aromatic heterocycles. The molecule has 0 unspecified atom stereocenters. The van der Waals surface area contributed by atoms with Crippen LogP contribution >= 0.6 is 0 Å². The summed E-state index contributed by atoms with van der Waals surface area (Å²) in [6.45, 7) is 2.05. The second kappa shape index (κ2) is 14.7. The topological polar surface area (TPSA) is 145 Å². The zero-order chi connectivity index (χ0) is 25.6. The van der Waals surface area contributed by atoms with Gasteiger partial charge in [0, 0.05) is 25.6 Å². The van der Waals surface area contributed by atoms with Gasteiger partial charge in [0.25, 0.3) is 5.91 Å². The number of aliphatic hydroxyl groups is 2. The van der Waals surface area contributed by atoms with Crippen molar-refractivity contribution in [3.05, 3.63) is 60.2 Å². The fraction of sp³-hybridized carbons (Fsp3) is 0.423. The van der Waals surface area contributed by atoms with Gasteiger partial charge in [0.1, 0.15) is 11.5 Å². The number of ether oxygens (including phenoxy) is 1. The third-order valence-corrected chi connectivity index (χ3v) is 5.50. The zero-order valence-corrected chi connectivity index (χ0v) is 19.9. The Morgan fingerprint density at radius 1 is 0.857 bits per heavy atom. The van der Waals surface area contributed by atoms with Gasteiger partial charge >= 0.3 is 5.97 Å². The Hall–Kier alpha value is -3.43. The molecule has 0 aliphatic rings. The van der Waals surface area contributed by atoms with E-state index in [-0.39, 0.29) is 30.7 Å². The van der Waals surface area contributed by atoms with Gasteiger partial charge in [-0.05, 0) is 68.4 Å². The number of carbonyl (C=O) groups excluding carboxylic acids is 2. The lowest BCUT2D eigenvalue weighted by Crippen LogP contribution is -2.29. The Morgan fingerprint density at radius 3 is 2.23 bits per heavy atom. The Labute approximate surface area is 205 Å². The van der Waals surface area contributed by atoms with Crippen molar-refractivity contribution >= 4 is 17.8 Å². The number of benzene rings is 2. The Bertz CT molecular complexity index is 952. The predicted molar refractivity (Wildman–Crippen MR) is 130 cm³/mol. The van der Waals surface area contributed by atoms with Crippen LogP contribution in [0.3, 0.4) is 0 Å². The molecule has 0 radical (unpaired) electrons. The van der Waals surface area contributed by atoms with Gasteiger partial charge in [-0.25, -0.2) is 4.79 Å². The maximum atomic E-state index is 12.5. The van der Waals surface area contributed by atoms with E-state index in [1.807, 2.05) is 30.3 Å². The summed E-state index contributed by atoms with van der Waals surface area (Å²) in [6, 6.07) is 16.0. The molecule has 0 spiro atoms. The molecule has 0 heterocycles. The van der Waals surface area contributed by atoms with Crippen LogP contribution in [0, 0.1) is 5.92 Å². The van der Waals surface area contributed by atoms with Crippen LogP contribution in [0.15, 0.2) is 54.6 Å². The number of hydrogen-bond donors (Lipinski definition) is 5. The molecule has 2 rings (SSSR count). The van der Waals surface area contributed by atoms with Crippen LogP contribution < -0.4 is 15.4 Å². The summed E-state index contributed by atoms with van der Waals surface area (Å²) >= 11 is 0. The normalized spacial score (nSPS) is 13.3. The SMILES string of the molecule is CC(=O)NCC[C@H](CC[C@@H](O)C(=O)O)C[C@H](O)CCNC(=O)c1cccc(Oc2ccccc2)c1. The summed E-state index contributed by atoms with van der Waals surface area (Å²) in [5.41, 5.74) is 0.434. The summed E-state index contributed by atoms with van der Waals surface area (Å²) in [4.78, 5) is 34.5. The minimum Gasteiger partial charge on any atom is -0.479 e. The van der Waals surface area contributed by atoms with E-state index in [0.29, 0.717) is 49.3 Å². The fourth-order valence-corrected chi connectivity index (χ4v) is 3.63. The Kier molecular flexibility index (Phi) is 11.7. The second-order valence-electron chi connectivity index (χ2n) is 8.45. The quantitative estimate of drug-likeness (QED) is 0.260. The van der Waals surface area contributed by atoms with E-state index < -0.39 is 18.2 Å². The molecule has 0 saturated carbocycles. The number of carboxylic acids is 1. The summed E-state index contributed by atoms with van der Waals surface area (Å²) in [7, 11) is 0. The van der Waals surface area contributed by atoms with E-state index in [1.54, 1.807) is 24.3 Å². The molecule has 190 valence electrons. The highest BCUT2D eigenvalue weighted by molar-refractivity contribution is 5.94. The average Bonchev–Trinajstić information content (AvgIpc) is 2.82. The van der Waals surface area contributed by atoms with Crippen molar-refractivity contribution in [3.8, 4) is 11.5 Å². The first-order valence-electron chi connectivity index (χ1n) is 11.7. The molecule has 2 amide bonds. The minimum atomic E-state index is -1.46. The third kappa shape index (κ3) is 11.0. The maximum Gasteiger partial charge on any atom is 0.332 e. The van der Waals surface area contributed by atoms with E-state index in [9.17, 15) is 24.6 Å². The number of para-hydroxylation sites is 1. The summed E-state index contributed by atoms with van der Waals surface area (Å²) in [5, 5.41) is 34.4. The van der Waals surface area contributed by atoms with Crippen LogP contribution in [-0.2, 0) is 9.59 Å². The smallest absolute Gasteiger partial charge is 0.332 e. The summed E-state index contributed by atoms with van der Waals surface area (Å²) in [6.07, 6.45) is -0.519. The lowest BCUT2D eigenvalue weighted by molar-refractivity contribution is -0.147. The van der Waals surface area contributed by atoms with Gasteiger partial charge in [-0.15, -0.1) is 0 Å². The molecule has 0 aliphatic heterocycles. The predicted octanol–water partition coefficient (Wildman–Crippen LogP) is 2.72. The molecule has 0 aliphatic carbocycles. The van der Waals surface area contributed by atoms with Crippen molar-refractivity contribution in [3.63, 3.8) is 0 Å². The molecular weight excluding hydrogens is 452 g/mol. The number of amides is 2. The highest BCUT2D eigenvalue weighted by atomic mass is 16.5. The van der Waals surface area contributed by atoms with Gasteiger partial charge in [-0.2, -0.15) is 0 Å². The average molecular weight is 487 g/mol. The fourth-order valence-electron chi connectivity index (χ4n) is 3.63. The number of carboxylic acid groups (broad SMARTS) is 1. The van der Waals surface area contributed by atoms with Crippen molar-refractivity contribution in [1.29, 1.82) is 0 Å². The van der Waals surface area contributed by atoms with E-state index in [4.69, 9.17) is 9.84 Å². The standard InChI is InChI=1S/C26H34N2O7/c1-18(29)27-14-12-19(10-11-24(31)26(33)34)16-21(30)13-15-28-25(32)20-6-5-9-23(17-20)35-22-7-3-2-4-8-22/h2-9,17,19,21,24,30-31H,10-16H2,1H3,(H,27,29)(H,28,32)(H,33,34)/t19-,21+,24+/m0/s1. The van der Waals surface area contributed by atoms with Crippen molar-refractivity contribution in [2.75, 3.05) is 13.1 Å². The summed E-state index contributed by atoms with van der Waals surface area (Å²) < 4.78 is 5.76. The third-order valence-electron chi connectivity index (χ3n) is 5.50. The highest BCUT2D eigenvalue weighted by Crippen LogP contribution is 2.22. The first-order chi connectivity index (χ1) is 16.7. The van der Waals surface area contributed by atoms with Gasteiger partial charge in [0.15, 0.2) is 6.10 Å². The summed E-state index contributed by atoms with van der Waals surface area (Å²) in [5.74, 6) is -0.634. The number of nitrogens with one attached hydrogen (secondary N) is 2. The zero-order valence-electron chi connectivity index (χ0n) is 19.9. The van der Waals surface area contributed by atoms with Gasteiger partial charge in [0.05, 0.1) is 6.10 Å². The van der Waals surface area contributed by atoms with Crippen LogP contribution in [-0.4, -0.2) is 58.4 Å². The number of aliphatic carboxylic acids is 1. The molecule has 5 N–H and O–H groups in total. The molecule has 9 nitrogen and oxygen atoms in total. The molecule has 2 aromatic rings. The van der Waals surface area contributed by atoms with Crippen LogP contribution in [0.1, 0.15) is 49.4 Å². The molecule has 0 fully saturated rings. The van der Waals surface area contributed by atoms with Crippen LogP contribution in [0.4, 0.5) is 0 Å². The van der Waals surface area contributed by atoms with Gasteiger partial charge < -0.3 is 30.7 Å². The molecular formula is C26H34N2O7. The number of carbonyl (C=O) groups is 3. The Morgan fingerprint density at radius 2 is 1.54 bits per heavy atom. The van der Waals surface area contributed by atoms with Crippen molar-refractivity contribution in [1.82, 2.24) is 10.6 Å². The molecule has 0 saturated heterocycles. The van der Waals surface area contributed by atoms with E-state index >= 15 is 0 Å². The molecule has 35 heavy (non-hydrogen) atoms. The van der Waals surface area contributed by atoms with Crippen LogP contribution in [0.5, 0.6) is 11.5 Å². The largest absolute Gasteiger partial charge is 0.479 e. The van der Waals surface area contributed by atoms with Crippen molar-refractivity contribution < 1.29 is 34.4 Å². The second-order valence-corrected chi connectivity index (χ2v) is 8.45. The first-order valence-corrected chi connectivity index (χ1v) is 11.7. The van der Waals surface area contributed by atoms with Gasteiger partial charge in [0.2, 0.25) is 5.91 Å². The van der Waals surface area contributed by atoms with Gasteiger partial charge in [-0.1, -0.05) is 24.3 Å². The molecule has 3 atom stereocenters.